The molecule has 0 saturated carbocycles. The second-order valence-corrected chi connectivity index (χ2v) is 17.8. The lowest BCUT2D eigenvalue weighted by Crippen LogP contribution is -2.54. The van der Waals surface area contributed by atoms with Crippen molar-refractivity contribution < 1.29 is 48.0 Å². The number of aryl methyl sites for hydroxylation is 3. The molecule has 4 aromatic carbocycles. The Kier molecular flexibility index (Phi) is 15.0. The minimum atomic E-state index is -1.03. The van der Waals surface area contributed by atoms with Crippen LogP contribution < -0.4 is 15.4 Å². The van der Waals surface area contributed by atoms with E-state index < -0.39 is 35.6 Å². The molecule has 5 heterocycles. The van der Waals surface area contributed by atoms with E-state index >= 15 is 0 Å². The number of carbonyl (C=O) groups is 5. The van der Waals surface area contributed by atoms with Crippen LogP contribution in [-0.2, 0) is 43.3 Å². The number of carbonyl (C=O) groups excluding carboxylic acids is 4. The number of nitrogens with one attached hydrogen (secondary N) is 2. The fraction of sp³-hybridized carbons (Fsp3) is 0.396. The SMILES string of the molecule is Cc1nn(CCCOCCOCCNc2cccc3c2C(=O)N(C2CCC(=O)NC2=O)C3=O)c(C)c1-c1cccc2c(CCCOc3cccc4ccccc34)c(C(=O)O)n(CCN3CCOCC3)c12. The van der Waals surface area contributed by atoms with Crippen LogP contribution in [0.4, 0.5) is 5.69 Å². The first-order valence-electron chi connectivity index (χ1n) is 24.2. The van der Waals surface area contributed by atoms with Crippen LogP contribution in [0, 0.1) is 13.8 Å². The molecule has 3 aliphatic rings. The van der Waals surface area contributed by atoms with Gasteiger partial charge in [0.05, 0.1) is 62.0 Å². The number of carboxylic acid groups (broad SMARTS) is 1. The van der Waals surface area contributed by atoms with Crippen LogP contribution >= 0.6 is 0 Å². The Morgan fingerprint density at radius 2 is 1.54 bits per heavy atom. The highest BCUT2D eigenvalue weighted by atomic mass is 16.5. The number of anilines is 1. The number of benzene rings is 4. The number of hydrogen-bond donors (Lipinski definition) is 3. The van der Waals surface area contributed by atoms with E-state index in [0.717, 1.165) is 73.5 Å². The molecule has 3 aliphatic heterocycles. The molecule has 2 saturated heterocycles. The third kappa shape index (κ3) is 10.1. The molecular formula is C53H59N7O10. The first-order chi connectivity index (χ1) is 34.1. The molecule has 4 amide bonds. The first-order valence-corrected chi connectivity index (χ1v) is 24.2. The molecule has 1 atom stereocenters. The standard InChI is InChI=1S/C53H59N7O10/c1-34-46(35(2)59(56-34)22-9-27-67-32-33-68-29-21-54-42-17-7-15-41-47(42)52(64)60(51(41)63)43-19-20-45(61)55-50(43)62)40-14-6-13-38-39(16-8-28-70-44-18-5-11-36-10-3-4-12-37(36)44)49(53(65)66)58(48(38)40)24-23-57-25-30-69-31-26-57/h3-7,10-15,17-18,43,54H,8-9,16,19-33H2,1-2H3,(H,65,66)(H,55,61,62). The summed E-state index contributed by atoms with van der Waals surface area (Å²) in [5, 5.41) is 24.4. The lowest BCUT2D eigenvalue weighted by atomic mass is 9.98. The average molecular weight is 954 g/mol. The van der Waals surface area contributed by atoms with Crippen LogP contribution in [-0.4, -0.2) is 137 Å². The van der Waals surface area contributed by atoms with Gasteiger partial charge in [-0.15, -0.1) is 0 Å². The minimum Gasteiger partial charge on any atom is -0.493 e. The van der Waals surface area contributed by atoms with Crippen molar-refractivity contribution in [2.75, 3.05) is 77.7 Å². The maximum Gasteiger partial charge on any atom is 0.352 e. The molecule has 0 spiro atoms. The molecule has 17 heteroatoms. The number of ether oxygens (including phenoxy) is 4. The molecule has 70 heavy (non-hydrogen) atoms. The number of aromatic nitrogens is 3. The molecule has 3 N–H and O–H groups in total. The zero-order chi connectivity index (χ0) is 48.7. The van der Waals surface area contributed by atoms with Crippen molar-refractivity contribution >= 4 is 57.0 Å². The minimum absolute atomic E-state index is 0.0536. The highest BCUT2D eigenvalue weighted by Gasteiger charge is 2.45. The number of piperidine rings is 1. The fourth-order valence-electron chi connectivity index (χ4n) is 10.1. The van der Waals surface area contributed by atoms with Crippen molar-refractivity contribution in [2.24, 2.45) is 0 Å². The van der Waals surface area contributed by atoms with Crippen LogP contribution in [0.2, 0.25) is 0 Å². The lowest BCUT2D eigenvalue weighted by Gasteiger charge is -2.27. The van der Waals surface area contributed by atoms with Gasteiger partial charge in [-0.1, -0.05) is 60.7 Å². The molecule has 2 fully saturated rings. The van der Waals surface area contributed by atoms with Crippen molar-refractivity contribution in [1.29, 1.82) is 0 Å². The average Bonchev–Trinajstić information content (AvgIpc) is 3.94. The monoisotopic (exact) mass is 953 g/mol. The zero-order valence-electron chi connectivity index (χ0n) is 39.7. The van der Waals surface area contributed by atoms with Gasteiger partial charge in [-0.25, -0.2) is 4.79 Å². The second kappa shape index (κ2) is 21.8. The van der Waals surface area contributed by atoms with Gasteiger partial charge < -0.3 is 33.9 Å². The number of amides is 4. The number of imide groups is 2. The summed E-state index contributed by atoms with van der Waals surface area (Å²) >= 11 is 0. The second-order valence-electron chi connectivity index (χ2n) is 17.8. The topological polar surface area (TPSA) is 196 Å². The molecule has 366 valence electrons. The zero-order valence-corrected chi connectivity index (χ0v) is 39.7. The summed E-state index contributed by atoms with van der Waals surface area (Å²) in [7, 11) is 0. The Morgan fingerprint density at radius 3 is 2.36 bits per heavy atom. The van der Waals surface area contributed by atoms with Gasteiger partial charge in [0, 0.05) is 85.6 Å². The molecule has 6 aromatic rings. The highest BCUT2D eigenvalue weighted by molar-refractivity contribution is 6.25. The van der Waals surface area contributed by atoms with Gasteiger partial charge >= 0.3 is 5.97 Å². The number of morpholine rings is 1. The quantitative estimate of drug-likeness (QED) is 0.0511. The predicted molar refractivity (Wildman–Crippen MR) is 262 cm³/mol. The molecular weight excluding hydrogens is 895 g/mol. The van der Waals surface area contributed by atoms with E-state index in [-0.39, 0.29) is 24.0 Å². The Balaban J connectivity index is 0.805. The summed E-state index contributed by atoms with van der Waals surface area (Å²) in [4.78, 5) is 67.3. The summed E-state index contributed by atoms with van der Waals surface area (Å²) in [6, 6.07) is 24.2. The van der Waals surface area contributed by atoms with Crippen LogP contribution in [0.25, 0.3) is 32.8 Å². The third-order valence-corrected chi connectivity index (χ3v) is 13.4. The number of nitrogens with zero attached hydrogens (tertiary/aromatic N) is 5. The number of carboxylic acids is 1. The largest absolute Gasteiger partial charge is 0.493 e. The first kappa shape index (κ1) is 48.1. The Hall–Kier alpha value is -6.92. The van der Waals surface area contributed by atoms with Crippen LogP contribution in [0.15, 0.2) is 78.9 Å². The number of para-hydroxylation sites is 1. The summed E-state index contributed by atoms with van der Waals surface area (Å²) in [5.41, 5.74) is 6.70. The Bertz CT molecular complexity index is 2930. The van der Waals surface area contributed by atoms with Crippen molar-refractivity contribution in [1.82, 2.24) is 29.5 Å². The van der Waals surface area contributed by atoms with Gasteiger partial charge in [0.1, 0.15) is 17.5 Å². The molecule has 9 rings (SSSR count). The predicted octanol–water partition coefficient (Wildman–Crippen LogP) is 6.25. The fourth-order valence-corrected chi connectivity index (χ4v) is 10.1. The number of hydrogen-bond acceptors (Lipinski definition) is 12. The van der Waals surface area contributed by atoms with Crippen molar-refractivity contribution in [3.63, 3.8) is 0 Å². The summed E-state index contributed by atoms with van der Waals surface area (Å²) in [6.45, 7) is 11.2. The van der Waals surface area contributed by atoms with E-state index in [2.05, 4.69) is 46.7 Å². The van der Waals surface area contributed by atoms with Gasteiger partial charge in [-0.2, -0.15) is 5.10 Å². The lowest BCUT2D eigenvalue weighted by molar-refractivity contribution is -0.136. The number of fused-ring (bicyclic) bond motifs is 3. The van der Waals surface area contributed by atoms with E-state index in [4.69, 9.17) is 24.0 Å². The Morgan fingerprint density at radius 1 is 0.800 bits per heavy atom. The van der Waals surface area contributed by atoms with E-state index in [1.807, 2.05) is 52.6 Å². The van der Waals surface area contributed by atoms with Gasteiger partial charge in [0.2, 0.25) is 11.8 Å². The van der Waals surface area contributed by atoms with Crippen molar-refractivity contribution in [3.05, 3.63) is 113 Å². The van der Waals surface area contributed by atoms with Crippen LogP contribution in [0.5, 0.6) is 5.75 Å². The summed E-state index contributed by atoms with van der Waals surface area (Å²) in [6.07, 6.45) is 2.02. The molecule has 1 unspecified atom stereocenters. The molecule has 2 aromatic heterocycles. The number of rotatable bonds is 22. The maximum absolute atomic E-state index is 13.4. The van der Waals surface area contributed by atoms with E-state index in [9.17, 15) is 29.1 Å². The summed E-state index contributed by atoms with van der Waals surface area (Å²) in [5.74, 6) is -2.33. The van der Waals surface area contributed by atoms with E-state index in [0.29, 0.717) is 103 Å². The van der Waals surface area contributed by atoms with E-state index in [1.165, 1.54) is 0 Å². The summed E-state index contributed by atoms with van der Waals surface area (Å²) < 4.78 is 27.6. The van der Waals surface area contributed by atoms with Gasteiger partial charge in [0.15, 0.2) is 0 Å². The number of aromatic carboxylic acids is 1. The van der Waals surface area contributed by atoms with Crippen molar-refractivity contribution in [2.45, 2.75) is 65.1 Å². The Labute approximate surface area is 405 Å². The van der Waals surface area contributed by atoms with Crippen LogP contribution in [0.3, 0.4) is 0 Å². The van der Waals surface area contributed by atoms with Gasteiger partial charge in [0.25, 0.3) is 11.8 Å². The third-order valence-electron chi connectivity index (χ3n) is 13.4. The normalized spacial score (nSPS) is 16.4. The maximum atomic E-state index is 13.4. The molecule has 0 radical (unpaired) electrons. The van der Waals surface area contributed by atoms with Crippen molar-refractivity contribution in [3.8, 4) is 16.9 Å². The van der Waals surface area contributed by atoms with Gasteiger partial charge in [-0.05, 0) is 68.7 Å². The molecule has 0 aliphatic carbocycles. The van der Waals surface area contributed by atoms with Gasteiger partial charge in [-0.3, -0.25) is 39.0 Å². The highest BCUT2D eigenvalue weighted by Crippen LogP contribution is 2.39. The smallest absolute Gasteiger partial charge is 0.352 e. The molecule has 17 nitrogen and oxygen atoms in total. The van der Waals surface area contributed by atoms with E-state index in [1.54, 1.807) is 18.2 Å². The molecule has 0 bridgehead atoms. The van der Waals surface area contributed by atoms with Crippen LogP contribution in [0.1, 0.15) is 73.8 Å².